The second-order valence-electron chi connectivity index (χ2n) is 6.06. The average Bonchev–Trinajstić information content (AvgIpc) is 3.05. The predicted molar refractivity (Wildman–Crippen MR) is 93.6 cm³/mol. The van der Waals surface area contributed by atoms with Crippen LogP contribution < -0.4 is 0 Å². The Labute approximate surface area is 147 Å². The molecule has 0 atom stereocenters. The van der Waals surface area contributed by atoms with Crippen molar-refractivity contribution in [2.45, 2.75) is 13.1 Å². The molecule has 130 valence electrons. The minimum Gasteiger partial charge on any atom is -0.228 e. The van der Waals surface area contributed by atoms with Gasteiger partial charge in [0.25, 0.3) is 0 Å². The van der Waals surface area contributed by atoms with Gasteiger partial charge in [0.15, 0.2) is 11.3 Å². The zero-order chi connectivity index (χ0) is 18.3. The van der Waals surface area contributed by atoms with Crippen molar-refractivity contribution in [3.05, 3.63) is 78.0 Å². The smallest absolute Gasteiger partial charge is 0.228 e. The van der Waals surface area contributed by atoms with Gasteiger partial charge in [-0.05, 0) is 13.0 Å². The Bertz CT molecular complexity index is 1070. The molecule has 4 aromatic rings. The van der Waals surface area contributed by atoms with Gasteiger partial charge in [-0.3, -0.25) is 0 Å². The summed E-state index contributed by atoms with van der Waals surface area (Å²) in [6.07, 6.45) is -4.54. The number of nitrogens with zero attached hydrogens (tertiary/aromatic N) is 3. The summed E-state index contributed by atoms with van der Waals surface area (Å²) >= 11 is 0. The van der Waals surface area contributed by atoms with Crippen LogP contribution in [-0.2, 0) is 6.18 Å². The molecule has 0 N–H and O–H groups in total. The topological polar surface area (TPSA) is 30.2 Å². The molecule has 6 heteroatoms. The highest BCUT2D eigenvalue weighted by Crippen LogP contribution is 2.33. The standard InChI is InChI=1S/C20H14F3N3/c1-13-7-9-15(10-8-13)17-12-19-24-16(14-5-3-2-4-6-14)11-18(20(21,22)23)26(19)25-17/h2-12H,1H3. The first-order valence-electron chi connectivity index (χ1n) is 8.02. The van der Waals surface area contributed by atoms with Crippen molar-refractivity contribution in [1.82, 2.24) is 14.6 Å². The number of aromatic nitrogens is 3. The molecular weight excluding hydrogens is 339 g/mol. The minimum absolute atomic E-state index is 0.161. The third-order valence-electron chi connectivity index (χ3n) is 4.13. The molecule has 0 radical (unpaired) electrons. The number of rotatable bonds is 2. The quantitative estimate of drug-likeness (QED) is 0.484. The molecule has 26 heavy (non-hydrogen) atoms. The van der Waals surface area contributed by atoms with E-state index in [2.05, 4.69) is 10.1 Å². The Morgan fingerprint density at radius 3 is 2.12 bits per heavy atom. The molecule has 2 aromatic carbocycles. The van der Waals surface area contributed by atoms with E-state index in [1.54, 1.807) is 36.4 Å². The maximum absolute atomic E-state index is 13.6. The molecule has 0 spiro atoms. The number of aryl methyl sites for hydroxylation is 1. The Morgan fingerprint density at radius 1 is 0.808 bits per heavy atom. The second-order valence-corrected chi connectivity index (χ2v) is 6.06. The van der Waals surface area contributed by atoms with Crippen LogP contribution in [0.4, 0.5) is 13.2 Å². The summed E-state index contributed by atoms with van der Waals surface area (Å²) in [5.74, 6) is 0. The van der Waals surface area contributed by atoms with Crippen molar-refractivity contribution in [2.24, 2.45) is 0 Å². The van der Waals surface area contributed by atoms with E-state index < -0.39 is 11.9 Å². The maximum atomic E-state index is 13.6. The monoisotopic (exact) mass is 353 g/mol. The molecule has 0 saturated heterocycles. The highest BCUT2D eigenvalue weighted by molar-refractivity contribution is 5.68. The molecule has 2 aromatic heterocycles. The first kappa shape index (κ1) is 16.3. The fraction of sp³-hybridized carbons (Fsp3) is 0.100. The van der Waals surface area contributed by atoms with E-state index in [0.29, 0.717) is 11.3 Å². The number of hydrogen-bond donors (Lipinski definition) is 0. The number of benzene rings is 2. The van der Waals surface area contributed by atoms with Crippen molar-refractivity contribution in [3.63, 3.8) is 0 Å². The largest absolute Gasteiger partial charge is 0.433 e. The van der Waals surface area contributed by atoms with Gasteiger partial charge in [0.2, 0.25) is 0 Å². The third kappa shape index (κ3) is 2.94. The molecule has 0 bridgehead atoms. The van der Waals surface area contributed by atoms with Gasteiger partial charge in [-0.2, -0.15) is 18.3 Å². The van der Waals surface area contributed by atoms with Crippen molar-refractivity contribution in [2.75, 3.05) is 0 Å². The molecule has 2 heterocycles. The molecule has 3 nitrogen and oxygen atoms in total. The number of alkyl halides is 3. The Balaban J connectivity index is 1.94. The van der Waals surface area contributed by atoms with Crippen LogP contribution in [0.15, 0.2) is 66.7 Å². The number of halogens is 3. The zero-order valence-electron chi connectivity index (χ0n) is 13.8. The lowest BCUT2D eigenvalue weighted by Crippen LogP contribution is -2.13. The van der Waals surface area contributed by atoms with Crippen molar-refractivity contribution in [1.29, 1.82) is 0 Å². The lowest BCUT2D eigenvalue weighted by atomic mass is 10.1. The number of fused-ring (bicyclic) bond motifs is 1. The molecule has 0 saturated carbocycles. The molecule has 0 unspecified atom stereocenters. The third-order valence-corrected chi connectivity index (χ3v) is 4.13. The lowest BCUT2D eigenvalue weighted by Gasteiger charge is -2.10. The van der Waals surface area contributed by atoms with E-state index in [4.69, 9.17) is 0 Å². The van der Waals surface area contributed by atoms with Crippen LogP contribution in [0, 0.1) is 6.92 Å². The predicted octanol–water partition coefficient (Wildman–Crippen LogP) is 5.39. The van der Waals surface area contributed by atoms with Gasteiger partial charge in [-0.25, -0.2) is 9.50 Å². The van der Waals surface area contributed by atoms with E-state index in [-0.39, 0.29) is 11.3 Å². The second kappa shape index (κ2) is 5.98. The summed E-state index contributed by atoms with van der Waals surface area (Å²) in [6.45, 7) is 1.95. The minimum atomic E-state index is -4.54. The zero-order valence-corrected chi connectivity index (χ0v) is 13.8. The van der Waals surface area contributed by atoms with Gasteiger partial charge in [-0.1, -0.05) is 60.2 Å². The SMILES string of the molecule is Cc1ccc(-c2cc3nc(-c4ccccc4)cc(C(F)(F)F)n3n2)cc1. The van der Waals surface area contributed by atoms with E-state index in [0.717, 1.165) is 21.7 Å². The first-order valence-corrected chi connectivity index (χ1v) is 8.02. The average molecular weight is 353 g/mol. The van der Waals surface area contributed by atoms with Gasteiger partial charge in [0.1, 0.15) is 0 Å². The first-order chi connectivity index (χ1) is 12.4. The maximum Gasteiger partial charge on any atom is 0.433 e. The van der Waals surface area contributed by atoms with Gasteiger partial charge in [-0.15, -0.1) is 0 Å². The molecule has 0 amide bonds. The molecule has 0 aliphatic carbocycles. The summed E-state index contributed by atoms with van der Waals surface area (Å²) in [5.41, 5.74) is 2.47. The van der Waals surface area contributed by atoms with Crippen LogP contribution in [0.5, 0.6) is 0 Å². The summed E-state index contributed by atoms with van der Waals surface area (Å²) < 4.78 is 41.6. The van der Waals surface area contributed by atoms with Crippen molar-refractivity contribution >= 4 is 5.65 Å². The fourth-order valence-corrected chi connectivity index (χ4v) is 2.80. The van der Waals surface area contributed by atoms with E-state index >= 15 is 0 Å². The highest BCUT2D eigenvalue weighted by atomic mass is 19.4. The number of hydrogen-bond acceptors (Lipinski definition) is 2. The van der Waals surface area contributed by atoms with Crippen LogP contribution in [-0.4, -0.2) is 14.6 Å². The van der Waals surface area contributed by atoms with Crippen LogP contribution in [0.1, 0.15) is 11.3 Å². The fourth-order valence-electron chi connectivity index (χ4n) is 2.80. The summed E-state index contributed by atoms with van der Waals surface area (Å²) in [4.78, 5) is 4.38. The summed E-state index contributed by atoms with van der Waals surface area (Å²) in [7, 11) is 0. The normalized spacial score (nSPS) is 11.8. The van der Waals surface area contributed by atoms with Gasteiger partial charge >= 0.3 is 6.18 Å². The van der Waals surface area contributed by atoms with Gasteiger partial charge in [0.05, 0.1) is 11.4 Å². The Kier molecular flexibility index (Phi) is 3.76. The van der Waals surface area contributed by atoms with Crippen LogP contribution in [0.2, 0.25) is 0 Å². The lowest BCUT2D eigenvalue weighted by molar-refractivity contribution is -0.142. The van der Waals surface area contributed by atoms with Crippen molar-refractivity contribution in [3.8, 4) is 22.5 Å². The van der Waals surface area contributed by atoms with Crippen molar-refractivity contribution < 1.29 is 13.2 Å². The molecule has 0 fully saturated rings. The Morgan fingerprint density at radius 2 is 1.46 bits per heavy atom. The highest BCUT2D eigenvalue weighted by Gasteiger charge is 2.35. The van der Waals surface area contributed by atoms with E-state index in [1.165, 1.54) is 0 Å². The van der Waals surface area contributed by atoms with Crippen LogP contribution >= 0.6 is 0 Å². The Hall–Kier alpha value is -3.15. The summed E-state index contributed by atoms with van der Waals surface area (Å²) in [5, 5.41) is 4.15. The van der Waals surface area contributed by atoms with Crippen LogP contribution in [0.25, 0.3) is 28.2 Å². The van der Waals surface area contributed by atoms with E-state index in [1.807, 2.05) is 31.2 Å². The van der Waals surface area contributed by atoms with Gasteiger partial charge in [0, 0.05) is 17.2 Å². The summed E-state index contributed by atoms with van der Waals surface area (Å²) in [6, 6.07) is 18.9. The molecule has 0 aliphatic rings. The molecule has 4 rings (SSSR count). The van der Waals surface area contributed by atoms with Gasteiger partial charge < -0.3 is 0 Å². The van der Waals surface area contributed by atoms with Crippen LogP contribution in [0.3, 0.4) is 0 Å². The molecule has 0 aliphatic heterocycles. The molecular formula is C20H14F3N3. The van der Waals surface area contributed by atoms with E-state index in [9.17, 15) is 13.2 Å².